The number of nitrogens with zero attached hydrogens (tertiary/aromatic N) is 1. The van der Waals surface area contributed by atoms with Gasteiger partial charge in [-0.1, -0.05) is 23.7 Å². The number of carbonyl (C=O) groups is 1. The molecule has 86 valence electrons. The Kier molecular flexibility index (Phi) is 3.03. The van der Waals surface area contributed by atoms with E-state index in [1.54, 1.807) is 29.2 Å². The van der Waals surface area contributed by atoms with Crippen LogP contribution < -0.4 is 0 Å². The Balaban J connectivity index is 2.08. The molecule has 1 aromatic carbocycles. The minimum absolute atomic E-state index is 0.243. The molecule has 2 rings (SSSR count). The predicted molar refractivity (Wildman–Crippen MR) is 65.6 cm³/mol. The zero-order valence-corrected chi connectivity index (χ0v) is 9.78. The lowest BCUT2D eigenvalue weighted by molar-refractivity contribution is -0.130. The first-order valence-corrected chi connectivity index (χ1v) is 5.86. The summed E-state index contributed by atoms with van der Waals surface area (Å²) in [7, 11) is 0. The van der Waals surface area contributed by atoms with Crippen LogP contribution in [0.15, 0.2) is 24.3 Å². The molecule has 0 spiro atoms. The van der Waals surface area contributed by atoms with Gasteiger partial charge in [-0.05, 0) is 36.9 Å². The maximum absolute atomic E-state index is 12.0. The van der Waals surface area contributed by atoms with Crippen molar-refractivity contribution in [1.82, 2.24) is 4.90 Å². The number of hydrogen-bond donors (Lipinski definition) is 0. The van der Waals surface area contributed by atoms with Crippen LogP contribution in [0.25, 0.3) is 0 Å². The normalized spacial score (nSPS) is 21.2. The summed E-state index contributed by atoms with van der Waals surface area (Å²) in [5, 5.41) is 0.533. The second-order valence-corrected chi connectivity index (χ2v) is 4.36. The summed E-state index contributed by atoms with van der Waals surface area (Å²) in [6.07, 6.45) is 0.0507. The molecule has 0 aromatic heterocycles. The SMILES string of the molecule is [2H]C(C(=O)N1CCCC1)C([2H])c1cccc(Cl)c1. The second-order valence-electron chi connectivity index (χ2n) is 3.92. The van der Waals surface area contributed by atoms with Gasteiger partial charge in [0, 0.05) is 27.3 Å². The van der Waals surface area contributed by atoms with E-state index < -0.39 is 12.8 Å². The maximum atomic E-state index is 12.0. The quantitative estimate of drug-likeness (QED) is 0.794. The summed E-state index contributed by atoms with van der Waals surface area (Å²) in [5.74, 6) is -0.243. The average molecular weight is 240 g/mol. The number of rotatable bonds is 3. The summed E-state index contributed by atoms with van der Waals surface area (Å²) < 4.78 is 16.0. The van der Waals surface area contributed by atoms with Gasteiger partial charge in [-0.15, -0.1) is 0 Å². The van der Waals surface area contributed by atoms with E-state index >= 15 is 0 Å². The van der Waals surface area contributed by atoms with Gasteiger partial charge in [0.1, 0.15) is 0 Å². The Labute approximate surface area is 104 Å². The van der Waals surface area contributed by atoms with Crippen molar-refractivity contribution in [3.05, 3.63) is 34.9 Å². The molecule has 1 fully saturated rings. The molecule has 0 aliphatic carbocycles. The average Bonchev–Trinajstić information content (AvgIpc) is 2.90. The lowest BCUT2D eigenvalue weighted by Crippen LogP contribution is -2.27. The van der Waals surface area contributed by atoms with Crippen molar-refractivity contribution in [3.63, 3.8) is 0 Å². The molecule has 1 aliphatic rings. The third-order valence-corrected chi connectivity index (χ3v) is 2.92. The standard InChI is InChI=1S/C13H16ClNO/c14-12-5-3-4-11(10-12)6-7-13(16)15-8-1-2-9-15/h3-5,10H,1-2,6-9H2/i6D,7D. The Morgan fingerprint density at radius 1 is 1.44 bits per heavy atom. The van der Waals surface area contributed by atoms with Gasteiger partial charge in [-0.2, -0.15) is 0 Å². The Bertz CT molecular complexity index is 435. The summed E-state index contributed by atoms with van der Waals surface area (Å²) in [5.41, 5.74) is 0.620. The molecule has 1 amide bonds. The van der Waals surface area contributed by atoms with E-state index in [1.165, 1.54) is 0 Å². The van der Waals surface area contributed by atoms with Gasteiger partial charge in [0.25, 0.3) is 0 Å². The second kappa shape index (κ2) is 5.35. The van der Waals surface area contributed by atoms with Crippen molar-refractivity contribution in [1.29, 1.82) is 0 Å². The monoisotopic (exact) mass is 239 g/mol. The highest BCUT2D eigenvalue weighted by atomic mass is 35.5. The number of benzene rings is 1. The van der Waals surface area contributed by atoms with Crippen LogP contribution in [-0.4, -0.2) is 23.9 Å². The van der Waals surface area contributed by atoms with Crippen molar-refractivity contribution in [2.75, 3.05) is 13.1 Å². The van der Waals surface area contributed by atoms with E-state index in [4.69, 9.17) is 14.3 Å². The Morgan fingerprint density at radius 3 is 2.88 bits per heavy atom. The third-order valence-electron chi connectivity index (χ3n) is 2.68. The van der Waals surface area contributed by atoms with Gasteiger partial charge in [-0.25, -0.2) is 0 Å². The lowest BCUT2D eigenvalue weighted by atomic mass is 10.1. The van der Waals surface area contributed by atoms with Crippen LogP contribution in [0.4, 0.5) is 0 Å². The summed E-state index contributed by atoms with van der Waals surface area (Å²) in [6, 6.07) is 6.85. The van der Waals surface area contributed by atoms with E-state index in [2.05, 4.69) is 0 Å². The molecule has 2 nitrogen and oxygen atoms in total. The highest BCUT2D eigenvalue weighted by molar-refractivity contribution is 6.30. The molecule has 1 heterocycles. The molecule has 2 atom stereocenters. The summed E-state index contributed by atoms with van der Waals surface area (Å²) in [4.78, 5) is 13.7. The molecule has 16 heavy (non-hydrogen) atoms. The summed E-state index contributed by atoms with van der Waals surface area (Å²) in [6.45, 7) is 1.44. The first-order chi connectivity index (χ1) is 8.59. The smallest absolute Gasteiger partial charge is 0.222 e. The molecule has 2 unspecified atom stereocenters. The molecule has 0 N–H and O–H groups in total. The van der Waals surface area contributed by atoms with E-state index in [0.29, 0.717) is 10.6 Å². The lowest BCUT2D eigenvalue weighted by Gasteiger charge is -2.14. The molecule has 3 heteroatoms. The van der Waals surface area contributed by atoms with Crippen molar-refractivity contribution in [2.24, 2.45) is 0 Å². The predicted octanol–water partition coefficient (Wildman–Crippen LogP) is 2.90. The fourth-order valence-corrected chi connectivity index (χ4v) is 2.02. The minimum atomic E-state index is -1.07. The van der Waals surface area contributed by atoms with Crippen molar-refractivity contribution in [3.8, 4) is 0 Å². The van der Waals surface area contributed by atoms with Gasteiger partial charge >= 0.3 is 0 Å². The van der Waals surface area contributed by atoms with Crippen molar-refractivity contribution >= 4 is 17.5 Å². The number of hydrogen-bond acceptors (Lipinski definition) is 1. The Hall–Kier alpha value is -1.02. The van der Waals surface area contributed by atoms with Gasteiger partial charge in [-0.3, -0.25) is 4.79 Å². The van der Waals surface area contributed by atoms with Crippen LogP contribution in [0.2, 0.25) is 5.02 Å². The molecule has 1 aliphatic heterocycles. The van der Waals surface area contributed by atoms with Crippen LogP contribution in [0.3, 0.4) is 0 Å². The van der Waals surface area contributed by atoms with Gasteiger partial charge in [0.2, 0.25) is 5.91 Å². The summed E-state index contributed by atoms with van der Waals surface area (Å²) >= 11 is 5.86. The number of halogens is 1. The van der Waals surface area contributed by atoms with E-state index in [-0.39, 0.29) is 5.91 Å². The van der Waals surface area contributed by atoms with Crippen LogP contribution in [0.1, 0.15) is 27.5 Å². The molecular formula is C13H16ClNO. The highest BCUT2D eigenvalue weighted by Gasteiger charge is 2.17. The van der Waals surface area contributed by atoms with E-state index in [1.807, 2.05) is 0 Å². The van der Waals surface area contributed by atoms with E-state index in [0.717, 1.165) is 25.9 Å². The zero-order valence-electron chi connectivity index (χ0n) is 11.0. The largest absolute Gasteiger partial charge is 0.343 e. The number of carbonyl (C=O) groups excluding carboxylic acids is 1. The van der Waals surface area contributed by atoms with E-state index in [9.17, 15) is 4.79 Å². The van der Waals surface area contributed by atoms with Crippen molar-refractivity contribution in [2.45, 2.75) is 25.6 Å². The number of aryl methyl sites for hydroxylation is 1. The first-order valence-electron chi connectivity index (χ1n) is 6.64. The first kappa shape index (κ1) is 9.06. The van der Waals surface area contributed by atoms with Crippen LogP contribution >= 0.6 is 11.6 Å². The van der Waals surface area contributed by atoms with Crippen LogP contribution in [0, 0.1) is 0 Å². The van der Waals surface area contributed by atoms with Crippen LogP contribution in [0.5, 0.6) is 0 Å². The van der Waals surface area contributed by atoms with Gasteiger partial charge in [0.15, 0.2) is 0 Å². The molecule has 0 saturated carbocycles. The van der Waals surface area contributed by atoms with Crippen molar-refractivity contribution < 1.29 is 7.54 Å². The third kappa shape index (κ3) is 2.99. The highest BCUT2D eigenvalue weighted by Crippen LogP contribution is 2.14. The fourth-order valence-electron chi connectivity index (χ4n) is 1.82. The molecule has 0 radical (unpaired) electrons. The number of likely N-dealkylation sites (tertiary alicyclic amines) is 1. The molecule has 1 aromatic rings. The van der Waals surface area contributed by atoms with Crippen LogP contribution in [-0.2, 0) is 11.2 Å². The zero-order chi connectivity index (χ0) is 13.1. The molecular weight excluding hydrogens is 222 g/mol. The van der Waals surface area contributed by atoms with Gasteiger partial charge in [0.05, 0.1) is 0 Å². The number of amides is 1. The Morgan fingerprint density at radius 2 is 2.19 bits per heavy atom. The van der Waals surface area contributed by atoms with Gasteiger partial charge < -0.3 is 4.90 Å². The molecule has 0 bridgehead atoms. The molecule has 1 saturated heterocycles. The minimum Gasteiger partial charge on any atom is -0.343 e. The fraction of sp³-hybridized carbons (Fsp3) is 0.462. The maximum Gasteiger partial charge on any atom is 0.222 e. The topological polar surface area (TPSA) is 20.3 Å².